The van der Waals surface area contributed by atoms with Crippen molar-refractivity contribution < 1.29 is 17.9 Å². The minimum absolute atomic E-state index is 0.243. The smallest absolute Gasteiger partial charge is 0.367 e. The van der Waals surface area contributed by atoms with Gasteiger partial charge in [0.1, 0.15) is 6.61 Å². The van der Waals surface area contributed by atoms with Crippen molar-refractivity contribution in [2.45, 2.75) is 56.8 Å². The molecule has 0 aliphatic heterocycles. The zero-order valence-corrected chi connectivity index (χ0v) is 8.72. The Labute approximate surface area is 88.0 Å². The first-order valence-electron chi connectivity index (χ1n) is 5.43. The Bertz CT molecular complexity index is 184. The van der Waals surface area contributed by atoms with Gasteiger partial charge in [-0.2, -0.15) is 13.2 Å². The molecule has 1 rings (SSSR count). The Morgan fingerprint density at radius 1 is 1.07 bits per heavy atom. The lowest BCUT2D eigenvalue weighted by Crippen LogP contribution is -2.39. The summed E-state index contributed by atoms with van der Waals surface area (Å²) in [6.45, 7) is -1.18. The van der Waals surface area contributed by atoms with Gasteiger partial charge in [-0.15, -0.1) is 0 Å². The molecule has 2 N–H and O–H groups in total. The lowest BCUT2D eigenvalue weighted by molar-refractivity contribution is -0.188. The number of hydrogen-bond acceptors (Lipinski definition) is 2. The van der Waals surface area contributed by atoms with Crippen molar-refractivity contribution in [1.29, 1.82) is 0 Å². The molecule has 90 valence electrons. The molecule has 0 spiro atoms. The van der Waals surface area contributed by atoms with Crippen LogP contribution in [0.4, 0.5) is 13.2 Å². The molecule has 5 heteroatoms. The van der Waals surface area contributed by atoms with Crippen LogP contribution < -0.4 is 5.73 Å². The minimum atomic E-state index is -4.25. The molecule has 2 unspecified atom stereocenters. The third-order valence-electron chi connectivity index (χ3n) is 2.71. The van der Waals surface area contributed by atoms with E-state index in [1.807, 2.05) is 0 Å². The van der Waals surface area contributed by atoms with Crippen LogP contribution in [0.5, 0.6) is 0 Å². The van der Waals surface area contributed by atoms with E-state index in [2.05, 4.69) is 0 Å². The normalized spacial score (nSPS) is 29.6. The van der Waals surface area contributed by atoms with Gasteiger partial charge in [0.15, 0.2) is 0 Å². The second kappa shape index (κ2) is 5.70. The third-order valence-corrected chi connectivity index (χ3v) is 2.71. The standard InChI is InChI=1S/C10H18F3NO/c11-10(12,13)7-15-9-6-4-2-1-3-5-8(9)14/h8-9H,1-7,14H2. The van der Waals surface area contributed by atoms with E-state index < -0.39 is 18.9 Å². The number of rotatable bonds is 2. The lowest BCUT2D eigenvalue weighted by Gasteiger charge is -2.26. The van der Waals surface area contributed by atoms with Crippen LogP contribution in [0.1, 0.15) is 38.5 Å². The number of hydrogen-bond donors (Lipinski definition) is 1. The van der Waals surface area contributed by atoms with Crippen LogP contribution in [-0.4, -0.2) is 24.9 Å². The molecule has 0 amide bonds. The van der Waals surface area contributed by atoms with Crippen molar-refractivity contribution >= 4 is 0 Å². The van der Waals surface area contributed by atoms with Crippen LogP contribution in [-0.2, 0) is 4.74 Å². The predicted octanol–water partition coefficient (Wildman–Crippen LogP) is 2.62. The summed E-state index contributed by atoms with van der Waals surface area (Å²) in [7, 11) is 0. The zero-order valence-electron chi connectivity index (χ0n) is 8.72. The molecule has 1 aliphatic carbocycles. The summed E-state index contributed by atoms with van der Waals surface area (Å²) in [5.41, 5.74) is 5.79. The molecule has 1 saturated carbocycles. The summed E-state index contributed by atoms with van der Waals surface area (Å²) in [5.74, 6) is 0. The molecule has 1 aliphatic rings. The van der Waals surface area contributed by atoms with Crippen LogP contribution in [0.3, 0.4) is 0 Å². The van der Waals surface area contributed by atoms with E-state index in [4.69, 9.17) is 10.5 Å². The molecule has 0 aromatic carbocycles. The number of nitrogens with two attached hydrogens (primary N) is 1. The van der Waals surface area contributed by atoms with Crippen LogP contribution >= 0.6 is 0 Å². The number of halogens is 3. The highest BCUT2D eigenvalue weighted by atomic mass is 19.4. The molecule has 2 atom stereocenters. The van der Waals surface area contributed by atoms with E-state index in [0.717, 1.165) is 32.1 Å². The minimum Gasteiger partial charge on any atom is -0.367 e. The number of alkyl halides is 3. The molecule has 0 aromatic heterocycles. The fourth-order valence-electron chi connectivity index (χ4n) is 1.89. The van der Waals surface area contributed by atoms with Crippen molar-refractivity contribution in [1.82, 2.24) is 0 Å². The van der Waals surface area contributed by atoms with Gasteiger partial charge in [0, 0.05) is 6.04 Å². The molecule has 0 saturated heterocycles. The third kappa shape index (κ3) is 5.37. The summed E-state index contributed by atoms with van der Waals surface area (Å²) in [4.78, 5) is 0. The average Bonchev–Trinajstić information content (AvgIpc) is 2.09. The Morgan fingerprint density at radius 3 is 2.27 bits per heavy atom. The highest BCUT2D eigenvalue weighted by Crippen LogP contribution is 2.22. The van der Waals surface area contributed by atoms with E-state index in [1.165, 1.54) is 0 Å². The number of ether oxygens (including phenoxy) is 1. The van der Waals surface area contributed by atoms with Crippen LogP contribution in [0, 0.1) is 0 Å². The first kappa shape index (κ1) is 12.8. The van der Waals surface area contributed by atoms with Crippen molar-refractivity contribution in [3.8, 4) is 0 Å². The van der Waals surface area contributed by atoms with Gasteiger partial charge < -0.3 is 10.5 Å². The van der Waals surface area contributed by atoms with Gasteiger partial charge in [0.25, 0.3) is 0 Å². The zero-order chi connectivity index (χ0) is 11.3. The summed E-state index contributed by atoms with van der Waals surface area (Å²) in [5, 5.41) is 0. The first-order chi connectivity index (χ1) is 6.99. The van der Waals surface area contributed by atoms with Crippen molar-refractivity contribution in [3.63, 3.8) is 0 Å². The van der Waals surface area contributed by atoms with Gasteiger partial charge in [0.05, 0.1) is 6.10 Å². The second-order valence-electron chi connectivity index (χ2n) is 4.12. The monoisotopic (exact) mass is 225 g/mol. The Kier molecular flexibility index (Phi) is 4.86. The predicted molar refractivity (Wildman–Crippen MR) is 51.5 cm³/mol. The molecular weight excluding hydrogens is 207 g/mol. The Hall–Kier alpha value is -0.290. The average molecular weight is 225 g/mol. The van der Waals surface area contributed by atoms with E-state index in [9.17, 15) is 13.2 Å². The lowest BCUT2D eigenvalue weighted by atomic mass is 9.95. The van der Waals surface area contributed by atoms with Crippen molar-refractivity contribution in [2.75, 3.05) is 6.61 Å². The quantitative estimate of drug-likeness (QED) is 0.784. The van der Waals surface area contributed by atoms with E-state index in [1.54, 1.807) is 0 Å². The second-order valence-corrected chi connectivity index (χ2v) is 4.12. The van der Waals surface area contributed by atoms with Gasteiger partial charge in [-0.05, 0) is 12.8 Å². The molecule has 0 heterocycles. The van der Waals surface area contributed by atoms with Crippen molar-refractivity contribution in [2.24, 2.45) is 5.73 Å². The highest BCUT2D eigenvalue weighted by molar-refractivity contribution is 4.76. The van der Waals surface area contributed by atoms with E-state index in [0.29, 0.717) is 6.42 Å². The Morgan fingerprint density at radius 2 is 1.67 bits per heavy atom. The van der Waals surface area contributed by atoms with E-state index in [-0.39, 0.29) is 6.04 Å². The molecule has 0 aromatic rings. The maximum Gasteiger partial charge on any atom is 0.411 e. The van der Waals surface area contributed by atoms with E-state index >= 15 is 0 Å². The summed E-state index contributed by atoms with van der Waals surface area (Å²) < 4.78 is 40.7. The van der Waals surface area contributed by atoms with Crippen LogP contribution in [0.25, 0.3) is 0 Å². The maximum absolute atomic E-state index is 12.0. The van der Waals surface area contributed by atoms with Crippen LogP contribution in [0.2, 0.25) is 0 Å². The fraction of sp³-hybridized carbons (Fsp3) is 1.00. The summed E-state index contributed by atoms with van der Waals surface area (Å²) in [6, 6.07) is -0.243. The van der Waals surface area contributed by atoms with Gasteiger partial charge in [-0.3, -0.25) is 0 Å². The summed E-state index contributed by atoms with van der Waals surface area (Å²) >= 11 is 0. The molecule has 2 nitrogen and oxygen atoms in total. The highest BCUT2D eigenvalue weighted by Gasteiger charge is 2.31. The van der Waals surface area contributed by atoms with Gasteiger partial charge in [0.2, 0.25) is 0 Å². The largest absolute Gasteiger partial charge is 0.411 e. The SMILES string of the molecule is NC1CCCCCCC1OCC(F)(F)F. The maximum atomic E-state index is 12.0. The van der Waals surface area contributed by atoms with Crippen LogP contribution in [0.15, 0.2) is 0 Å². The van der Waals surface area contributed by atoms with Gasteiger partial charge in [-0.25, -0.2) is 0 Å². The van der Waals surface area contributed by atoms with Gasteiger partial charge in [-0.1, -0.05) is 25.7 Å². The molecule has 0 bridgehead atoms. The Balaban J connectivity index is 2.35. The summed E-state index contributed by atoms with van der Waals surface area (Å²) in [6.07, 6.45) is 0.843. The molecule has 15 heavy (non-hydrogen) atoms. The van der Waals surface area contributed by atoms with Crippen molar-refractivity contribution in [3.05, 3.63) is 0 Å². The first-order valence-corrected chi connectivity index (χ1v) is 5.43. The molecule has 0 radical (unpaired) electrons. The molecule has 1 fully saturated rings. The fourth-order valence-corrected chi connectivity index (χ4v) is 1.89. The molecular formula is C10H18F3NO. The van der Waals surface area contributed by atoms with Gasteiger partial charge >= 0.3 is 6.18 Å². The topological polar surface area (TPSA) is 35.2 Å².